The molecule has 2 saturated heterocycles. The lowest BCUT2D eigenvalue weighted by molar-refractivity contribution is 0.0172. The van der Waals surface area contributed by atoms with Gasteiger partial charge in [0, 0.05) is 11.5 Å². The van der Waals surface area contributed by atoms with Gasteiger partial charge in [-0.05, 0) is 13.8 Å². The van der Waals surface area contributed by atoms with Gasteiger partial charge in [-0.2, -0.15) is 13.8 Å². The van der Waals surface area contributed by atoms with Gasteiger partial charge in [-0.15, -0.1) is 0 Å². The van der Waals surface area contributed by atoms with E-state index in [1.165, 1.54) is 0 Å². The molecule has 110 valence electrons. The lowest BCUT2D eigenvalue weighted by Gasteiger charge is -2.27. The zero-order valence-electron chi connectivity index (χ0n) is 10.7. The Balaban J connectivity index is 2.06. The van der Waals surface area contributed by atoms with Crippen molar-refractivity contribution in [3.8, 4) is 0 Å². The number of nitrogens with one attached hydrogen (secondary N) is 1. The summed E-state index contributed by atoms with van der Waals surface area (Å²) in [4.78, 5) is 2.55. The van der Waals surface area contributed by atoms with Crippen LogP contribution in [0.15, 0.2) is 0 Å². The van der Waals surface area contributed by atoms with Crippen molar-refractivity contribution in [1.82, 2.24) is 10.3 Å². The van der Waals surface area contributed by atoms with Crippen molar-refractivity contribution < 1.29 is 27.0 Å². The molecule has 2 aliphatic heterocycles. The molecule has 1 aromatic rings. The zero-order chi connectivity index (χ0) is 14.6. The van der Waals surface area contributed by atoms with E-state index in [9.17, 15) is 17.6 Å². The molecule has 0 bridgehead atoms. The first-order valence-electron chi connectivity index (χ1n) is 6.17. The molecule has 2 fully saturated rings. The van der Waals surface area contributed by atoms with Gasteiger partial charge in [-0.1, -0.05) is 0 Å². The van der Waals surface area contributed by atoms with Crippen LogP contribution in [0, 0.1) is 23.5 Å². The van der Waals surface area contributed by atoms with Crippen LogP contribution in [0.3, 0.4) is 0 Å². The van der Waals surface area contributed by atoms with Gasteiger partial charge in [0.1, 0.15) is 0 Å². The van der Waals surface area contributed by atoms with E-state index in [2.05, 4.69) is 10.3 Å². The fourth-order valence-electron chi connectivity index (χ4n) is 2.61. The Hall–Kier alpha value is -1.25. The molecule has 0 amide bonds. The first-order chi connectivity index (χ1) is 9.40. The fourth-order valence-corrected chi connectivity index (χ4v) is 2.61. The topological polar surface area (TPSA) is 53.3 Å². The van der Waals surface area contributed by atoms with Gasteiger partial charge in [0.05, 0.1) is 12.2 Å². The molecule has 0 spiro atoms. The maximum absolute atomic E-state index is 13.8. The Labute approximate surface area is 112 Å². The van der Waals surface area contributed by atoms with E-state index in [0.29, 0.717) is 0 Å². The molecule has 4 atom stereocenters. The molecule has 1 N–H and O–H groups in total. The second-order valence-corrected chi connectivity index (χ2v) is 4.95. The molecule has 0 aliphatic carbocycles. The molecular formula is C12H12F4N2O2. The van der Waals surface area contributed by atoms with Gasteiger partial charge in [-0.3, -0.25) is 5.32 Å². The average molecular weight is 292 g/mol. The second kappa shape index (κ2) is 4.64. The van der Waals surface area contributed by atoms with Gasteiger partial charge in [0.2, 0.25) is 0 Å². The summed E-state index contributed by atoms with van der Waals surface area (Å²) < 4.78 is 65.1. The summed E-state index contributed by atoms with van der Waals surface area (Å²) in [5.41, 5.74) is -0.726. The first-order valence-corrected chi connectivity index (χ1v) is 6.17. The highest BCUT2D eigenvalue weighted by molar-refractivity contribution is 5.25. The quantitative estimate of drug-likeness (QED) is 0.487. The Morgan fingerprint density at radius 3 is 1.80 bits per heavy atom. The lowest BCUT2D eigenvalue weighted by atomic mass is 9.89. The van der Waals surface area contributed by atoms with Crippen LogP contribution in [0.2, 0.25) is 0 Å². The average Bonchev–Trinajstić information content (AvgIpc) is 3.09. The van der Waals surface area contributed by atoms with Crippen LogP contribution in [0.25, 0.3) is 0 Å². The third kappa shape index (κ3) is 2.07. The van der Waals surface area contributed by atoms with E-state index in [1.54, 1.807) is 13.8 Å². The van der Waals surface area contributed by atoms with Crippen molar-refractivity contribution in [2.24, 2.45) is 0 Å². The molecule has 8 heteroatoms. The summed E-state index contributed by atoms with van der Waals surface area (Å²) >= 11 is 0. The fraction of sp³-hybridized carbons (Fsp3) is 0.583. The summed E-state index contributed by atoms with van der Waals surface area (Å²) in [5.74, 6) is -7.35. The molecular weight excluding hydrogens is 280 g/mol. The number of hydrogen-bond acceptors (Lipinski definition) is 4. The van der Waals surface area contributed by atoms with E-state index < -0.39 is 47.2 Å². The largest absolute Gasteiger partial charge is 0.355 e. The SMILES string of the molecule is CC1OC2NC2OC(C)C1c1c(F)c(F)nc(F)c1F. The molecule has 3 rings (SSSR count). The minimum atomic E-state index is -1.68. The van der Waals surface area contributed by atoms with Crippen molar-refractivity contribution in [2.45, 2.75) is 44.4 Å². The van der Waals surface area contributed by atoms with Gasteiger partial charge >= 0.3 is 0 Å². The molecule has 0 radical (unpaired) electrons. The molecule has 4 nitrogen and oxygen atoms in total. The molecule has 1 aromatic heterocycles. The first kappa shape index (κ1) is 13.7. The molecule has 0 aromatic carbocycles. The number of hydrogen-bond donors (Lipinski definition) is 1. The van der Waals surface area contributed by atoms with Crippen LogP contribution >= 0.6 is 0 Å². The highest BCUT2D eigenvalue weighted by atomic mass is 19.2. The van der Waals surface area contributed by atoms with E-state index >= 15 is 0 Å². The van der Waals surface area contributed by atoms with Crippen LogP contribution in [-0.2, 0) is 9.47 Å². The number of nitrogens with zero attached hydrogens (tertiary/aromatic N) is 1. The van der Waals surface area contributed by atoms with Crippen LogP contribution in [-0.4, -0.2) is 29.6 Å². The van der Waals surface area contributed by atoms with Crippen LogP contribution < -0.4 is 5.32 Å². The van der Waals surface area contributed by atoms with Crippen molar-refractivity contribution in [3.63, 3.8) is 0 Å². The molecule has 20 heavy (non-hydrogen) atoms. The van der Waals surface area contributed by atoms with E-state index in [1.807, 2.05) is 0 Å². The lowest BCUT2D eigenvalue weighted by Crippen LogP contribution is -2.32. The smallest absolute Gasteiger partial charge is 0.252 e. The third-order valence-corrected chi connectivity index (χ3v) is 3.59. The maximum atomic E-state index is 13.8. The minimum Gasteiger partial charge on any atom is -0.355 e. The monoisotopic (exact) mass is 292 g/mol. The standard InChI is InChI=1S/C12H12F4N2O2/c1-3-5(4(2)20-12-11(18-12)19-3)6-7(13)9(15)17-10(16)8(6)14/h3-5,11-12,18H,1-2H3. The normalized spacial score (nSPS) is 36.4. The number of halogens is 4. The van der Waals surface area contributed by atoms with Crippen LogP contribution in [0.5, 0.6) is 0 Å². The van der Waals surface area contributed by atoms with Crippen LogP contribution in [0.4, 0.5) is 17.6 Å². The summed E-state index contributed by atoms with van der Waals surface area (Å²) in [6, 6.07) is 0. The number of fused-ring (bicyclic) bond motifs is 1. The van der Waals surface area contributed by atoms with E-state index in [4.69, 9.17) is 9.47 Å². The number of ether oxygens (including phenoxy) is 2. The predicted molar refractivity (Wildman–Crippen MR) is 58.6 cm³/mol. The summed E-state index contributed by atoms with van der Waals surface area (Å²) in [7, 11) is 0. The molecule has 3 heterocycles. The Kier molecular flexibility index (Phi) is 3.19. The number of aromatic nitrogens is 1. The van der Waals surface area contributed by atoms with Gasteiger partial charge in [0.15, 0.2) is 24.1 Å². The number of rotatable bonds is 1. The molecule has 2 aliphatic rings. The van der Waals surface area contributed by atoms with Crippen molar-refractivity contribution in [3.05, 3.63) is 29.1 Å². The zero-order valence-corrected chi connectivity index (χ0v) is 10.7. The third-order valence-electron chi connectivity index (χ3n) is 3.59. The van der Waals surface area contributed by atoms with Crippen molar-refractivity contribution >= 4 is 0 Å². The molecule has 0 saturated carbocycles. The van der Waals surface area contributed by atoms with E-state index in [0.717, 1.165) is 0 Å². The highest BCUT2D eigenvalue weighted by Crippen LogP contribution is 2.38. The predicted octanol–water partition coefficient (Wildman–Crippen LogP) is 1.80. The van der Waals surface area contributed by atoms with Crippen molar-refractivity contribution in [2.75, 3.05) is 0 Å². The molecule has 4 unspecified atom stereocenters. The summed E-state index contributed by atoms with van der Waals surface area (Å²) in [6.07, 6.45) is -2.08. The van der Waals surface area contributed by atoms with Gasteiger partial charge < -0.3 is 9.47 Å². The summed E-state index contributed by atoms with van der Waals surface area (Å²) in [6.45, 7) is 3.14. The van der Waals surface area contributed by atoms with Crippen molar-refractivity contribution in [1.29, 1.82) is 0 Å². The maximum Gasteiger partial charge on any atom is 0.252 e. The second-order valence-electron chi connectivity index (χ2n) is 4.95. The Morgan fingerprint density at radius 2 is 1.35 bits per heavy atom. The van der Waals surface area contributed by atoms with Gasteiger partial charge in [-0.25, -0.2) is 8.78 Å². The van der Waals surface area contributed by atoms with Gasteiger partial charge in [0.25, 0.3) is 11.9 Å². The number of pyridine rings is 1. The Bertz CT molecular complexity index is 514. The highest BCUT2D eigenvalue weighted by Gasteiger charge is 2.48. The Morgan fingerprint density at radius 1 is 0.900 bits per heavy atom. The summed E-state index contributed by atoms with van der Waals surface area (Å²) in [5, 5.41) is 2.86. The minimum absolute atomic E-state index is 0.361. The van der Waals surface area contributed by atoms with Crippen LogP contribution in [0.1, 0.15) is 25.3 Å². The van der Waals surface area contributed by atoms with E-state index in [-0.39, 0.29) is 12.5 Å².